The SMILES string of the molecule is CN(CC(C)(C)CN)C1CCc2ccccc2NC1=O.Cl. The van der Waals surface area contributed by atoms with Crippen LogP contribution in [0.2, 0.25) is 0 Å². The molecule has 0 aromatic heterocycles. The lowest BCUT2D eigenvalue weighted by molar-refractivity contribution is -0.121. The highest BCUT2D eigenvalue weighted by molar-refractivity contribution is 5.96. The minimum Gasteiger partial charge on any atom is -0.330 e. The van der Waals surface area contributed by atoms with Crippen LogP contribution < -0.4 is 11.1 Å². The second-order valence-electron chi connectivity index (χ2n) is 6.48. The van der Waals surface area contributed by atoms with Gasteiger partial charge in [-0.3, -0.25) is 9.69 Å². The second-order valence-corrected chi connectivity index (χ2v) is 6.48. The Balaban J connectivity index is 0.00000220. The van der Waals surface area contributed by atoms with E-state index in [1.165, 1.54) is 5.56 Å². The number of likely N-dealkylation sites (N-methyl/N-ethyl adjacent to an activating group) is 1. The zero-order chi connectivity index (χ0) is 14.8. The van der Waals surface area contributed by atoms with Gasteiger partial charge in [0.2, 0.25) is 5.91 Å². The van der Waals surface area contributed by atoms with E-state index in [-0.39, 0.29) is 29.8 Å². The fourth-order valence-electron chi connectivity index (χ4n) is 2.77. The first-order valence-corrected chi connectivity index (χ1v) is 7.22. The van der Waals surface area contributed by atoms with Crippen molar-refractivity contribution in [1.29, 1.82) is 0 Å². The summed E-state index contributed by atoms with van der Waals surface area (Å²) >= 11 is 0. The molecule has 118 valence electrons. The number of para-hydroxylation sites is 1. The molecule has 1 aromatic carbocycles. The highest BCUT2D eigenvalue weighted by Gasteiger charge is 2.29. The molecule has 2 rings (SSSR count). The molecule has 1 aliphatic rings. The van der Waals surface area contributed by atoms with E-state index in [4.69, 9.17) is 5.73 Å². The molecule has 0 saturated carbocycles. The van der Waals surface area contributed by atoms with E-state index in [1.54, 1.807) is 0 Å². The number of carbonyl (C=O) groups is 1. The Hall–Kier alpha value is -1.10. The van der Waals surface area contributed by atoms with Crippen LogP contribution in [0.25, 0.3) is 0 Å². The number of rotatable bonds is 4. The summed E-state index contributed by atoms with van der Waals surface area (Å²) in [6, 6.07) is 7.95. The van der Waals surface area contributed by atoms with Crippen LogP contribution in [0.4, 0.5) is 5.69 Å². The number of hydrogen-bond donors (Lipinski definition) is 2. The number of benzene rings is 1. The molecule has 4 nitrogen and oxygen atoms in total. The molecule has 1 atom stereocenters. The molecule has 0 saturated heterocycles. The molecule has 1 heterocycles. The van der Waals surface area contributed by atoms with Gasteiger partial charge in [-0.25, -0.2) is 0 Å². The number of nitrogens with one attached hydrogen (secondary N) is 1. The lowest BCUT2D eigenvalue weighted by Crippen LogP contribution is -2.46. The Morgan fingerprint density at radius 1 is 1.38 bits per heavy atom. The first kappa shape index (κ1) is 18.0. The molecule has 0 fully saturated rings. The van der Waals surface area contributed by atoms with Crippen molar-refractivity contribution in [3.05, 3.63) is 29.8 Å². The topological polar surface area (TPSA) is 58.4 Å². The predicted molar refractivity (Wildman–Crippen MR) is 89.9 cm³/mol. The molecular weight excluding hydrogens is 286 g/mol. The van der Waals surface area contributed by atoms with Crippen molar-refractivity contribution in [3.63, 3.8) is 0 Å². The lowest BCUT2D eigenvalue weighted by Gasteiger charge is -2.33. The summed E-state index contributed by atoms with van der Waals surface area (Å²) in [5.41, 5.74) is 7.98. The van der Waals surface area contributed by atoms with Crippen molar-refractivity contribution >= 4 is 24.0 Å². The van der Waals surface area contributed by atoms with Crippen molar-refractivity contribution < 1.29 is 4.79 Å². The average molecular weight is 312 g/mol. The fraction of sp³-hybridized carbons (Fsp3) is 0.562. The van der Waals surface area contributed by atoms with Crippen LogP contribution >= 0.6 is 12.4 Å². The van der Waals surface area contributed by atoms with E-state index in [0.29, 0.717) is 6.54 Å². The Morgan fingerprint density at radius 3 is 2.71 bits per heavy atom. The van der Waals surface area contributed by atoms with Crippen LogP contribution in [-0.4, -0.2) is 37.0 Å². The largest absolute Gasteiger partial charge is 0.330 e. The molecule has 0 radical (unpaired) electrons. The summed E-state index contributed by atoms with van der Waals surface area (Å²) in [6.45, 7) is 5.70. The number of hydrogen-bond acceptors (Lipinski definition) is 3. The van der Waals surface area contributed by atoms with Crippen LogP contribution in [0.1, 0.15) is 25.8 Å². The lowest BCUT2D eigenvalue weighted by atomic mass is 9.92. The van der Waals surface area contributed by atoms with Crippen LogP contribution in [0.15, 0.2) is 24.3 Å². The number of anilines is 1. The number of fused-ring (bicyclic) bond motifs is 1. The molecule has 0 bridgehead atoms. The maximum atomic E-state index is 12.4. The van der Waals surface area contributed by atoms with Gasteiger partial charge in [-0.15, -0.1) is 12.4 Å². The summed E-state index contributed by atoms with van der Waals surface area (Å²) in [7, 11) is 2.01. The highest BCUT2D eigenvalue weighted by Crippen LogP contribution is 2.24. The van der Waals surface area contributed by atoms with E-state index < -0.39 is 0 Å². The minimum absolute atomic E-state index is 0. The maximum Gasteiger partial charge on any atom is 0.241 e. The smallest absolute Gasteiger partial charge is 0.241 e. The van der Waals surface area contributed by atoms with Crippen LogP contribution in [-0.2, 0) is 11.2 Å². The van der Waals surface area contributed by atoms with Gasteiger partial charge in [0.25, 0.3) is 0 Å². The standard InChI is InChI=1S/C16H25N3O.ClH/c1-16(2,10-17)11-19(3)14-9-8-12-6-4-5-7-13(12)18-15(14)20;/h4-7,14H,8-11,17H2,1-3H3,(H,18,20);1H. The van der Waals surface area contributed by atoms with Crippen molar-refractivity contribution in [2.24, 2.45) is 11.1 Å². The quantitative estimate of drug-likeness (QED) is 0.897. The second kappa shape index (κ2) is 7.25. The van der Waals surface area contributed by atoms with E-state index >= 15 is 0 Å². The van der Waals surface area contributed by atoms with Gasteiger partial charge < -0.3 is 11.1 Å². The van der Waals surface area contributed by atoms with Crippen LogP contribution in [0, 0.1) is 5.41 Å². The zero-order valence-electron chi connectivity index (χ0n) is 13.1. The fourth-order valence-corrected chi connectivity index (χ4v) is 2.77. The predicted octanol–water partition coefficient (Wildman–Crippen LogP) is 2.28. The highest BCUT2D eigenvalue weighted by atomic mass is 35.5. The average Bonchev–Trinajstić information content (AvgIpc) is 2.56. The normalized spacial score (nSPS) is 18.5. The summed E-state index contributed by atoms with van der Waals surface area (Å²) in [5.74, 6) is 0.0882. The Morgan fingerprint density at radius 2 is 2.05 bits per heavy atom. The Kier molecular flexibility index (Phi) is 6.20. The van der Waals surface area contributed by atoms with Crippen molar-refractivity contribution in [2.75, 3.05) is 25.5 Å². The van der Waals surface area contributed by atoms with Crippen LogP contribution in [0.5, 0.6) is 0 Å². The van der Waals surface area contributed by atoms with E-state index in [2.05, 4.69) is 30.1 Å². The molecule has 0 aliphatic carbocycles. The number of aryl methyl sites for hydroxylation is 1. The monoisotopic (exact) mass is 311 g/mol. The van der Waals surface area contributed by atoms with Gasteiger partial charge in [0.15, 0.2) is 0 Å². The number of nitrogens with zero attached hydrogens (tertiary/aromatic N) is 1. The molecule has 1 amide bonds. The van der Waals surface area contributed by atoms with Gasteiger partial charge in [0, 0.05) is 12.2 Å². The number of nitrogens with two attached hydrogens (primary N) is 1. The van der Waals surface area contributed by atoms with E-state index in [9.17, 15) is 4.79 Å². The molecule has 0 spiro atoms. The van der Waals surface area contributed by atoms with E-state index in [1.807, 2.05) is 25.2 Å². The molecule has 1 unspecified atom stereocenters. The summed E-state index contributed by atoms with van der Waals surface area (Å²) < 4.78 is 0. The number of halogens is 1. The first-order chi connectivity index (χ1) is 9.43. The van der Waals surface area contributed by atoms with Crippen molar-refractivity contribution in [3.8, 4) is 0 Å². The van der Waals surface area contributed by atoms with Gasteiger partial charge >= 0.3 is 0 Å². The summed E-state index contributed by atoms with van der Waals surface area (Å²) in [5, 5.41) is 3.05. The molecular formula is C16H26ClN3O. The molecule has 1 aliphatic heterocycles. The van der Waals surface area contributed by atoms with Gasteiger partial charge in [-0.1, -0.05) is 32.0 Å². The third-order valence-electron chi connectivity index (χ3n) is 4.03. The molecule has 3 N–H and O–H groups in total. The van der Waals surface area contributed by atoms with Crippen molar-refractivity contribution in [2.45, 2.75) is 32.7 Å². The number of carbonyl (C=O) groups excluding carboxylic acids is 1. The number of amides is 1. The van der Waals surface area contributed by atoms with Crippen molar-refractivity contribution in [1.82, 2.24) is 4.90 Å². The summed E-state index contributed by atoms with van der Waals surface area (Å²) in [4.78, 5) is 14.5. The first-order valence-electron chi connectivity index (χ1n) is 7.22. The van der Waals surface area contributed by atoms with Gasteiger partial charge in [-0.2, -0.15) is 0 Å². The van der Waals surface area contributed by atoms with E-state index in [0.717, 1.165) is 25.1 Å². The third-order valence-corrected chi connectivity index (χ3v) is 4.03. The Labute approximate surface area is 133 Å². The van der Waals surface area contributed by atoms with Crippen LogP contribution in [0.3, 0.4) is 0 Å². The van der Waals surface area contributed by atoms with Gasteiger partial charge in [0.1, 0.15) is 0 Å². The summed E-state index contributed by atoms with van der Waals surface area (Å²) in [6.07, 6.45) is 1.77. The van der Waals surface area contributed by atoms with Gasteiger partial charge in [0.05, 0.1) is 6.04 Å². The third kappa shape index (κ3) is 4.43. The van der Waals surface area contributed by atoms with Gasteiger partial charge in [-0.05, 0) is 43.5 Å². The Bertz CT molecular complexity index is 490. The minimum atomic E-state index is -0.0896. The maximum absolute atomic E-state index is 12.4. The molecule has 21 heavy (non-hydrogen) atoms. The molecule has 5 heteroatoms. The zero-order valence-corrected chi connectivity index (χ0v) is 13.9. The molecule has 1 aromatic rings.